The van der Waals surface area contributed by atoms with Crippen molar-refractivity contribution in [2.24, 2.45) is 0 Å². The van der Waals surface area contributed by atoms with Gasteiger partial charge in [0, 0.05) is 26.4 Å². The van der Waals surface area contributed by atoms with Gasteiger partial charge in [0.25, 0.3) is 0 Å². The Labute approximate surface area is 263 Å². The van der Waals surface area contributed by atoms with Gasteiger partial charge in [-0.25, -0.2) is 16.8 Å². The monoisotopic (exact) mass is 704 g/mol. The van der Waals surface area contributed by atoms with Gasteiger partial charge in [0.15, 0.2) is 25.7 Å². The third kappa shape index (κ3) is 18.9. The molecule has 0 fully saturated rings. The Balaban J connectivity index is 0.00000104. The summed E-state index contributed by atoms with van der Waals surface area (Å²) in [5, 5.41) is 9.09. The number of sulfonamides is 2. The average molecular weight is 705 g/mol. The minimum Gasteiger partial charge on any atom is -0.421 e. The number of aliphatic hydroxyl groups excluding tert-OH is 1. The summed E-state index contributed by atoms with van der Waals surface area (Å²) >= 11 is 1.79. The average Bonchev–Trinajstić information content (AvgIpc) is 3.25. The van der Waals surface area contributed by atoms with E-state index >= 15 is 0 Å². The van der Waals surface area contributed by atoms with Crippen LogP contribution in [0.15, 0.2) is 5.51 Å². The number of aryl methyl sites for hydroxylation is 1. The van der Waals surface area contributed by atoms with Crippen molar-refractivity contribution in [1.29, 1.82) is 0 Å². The van der Waals surface area contributed by atoms with Crippen molar-refractivity contribution in [3.63, 3.8) is 0 Å². The smallest absolute Gasteiger partial charge is 0.421 e. The molecule has 0 atom stereocenters. The SMILES string of the molecule is CCCCCCCCCCCCCCCCCCCC[n+]1csc(CCO)c1C.O=S(=O)([N-]S(=O)(=O)C(F)(F)F)C(F)(F)F. The van der Waals surface area contributed by atoms with Crippen LogP contribution in [-0.2, 0) is 33.0 Å². The Bertz CT molecular complexity index is 1050. The van der Waals surface area contributed by atoms with Crippen LogP contribution >= 0.6 is 11.3 Å². The van der Waals surface area contributed by atoms with Crippen molar-refractivity contribution in [2.45, 2.75) is 153 Å². The molecule has 44 heavy (non-hydrogen) atoms. The molecule has 262 valence electrons. The first-order valence-corrected chi connectivity index (χ1v) is 19.2. The maximum absolute atomic E-state index is 11.4. The Morgan fingerprint density at radius 3 is 1.34 bits per heavy atom. The standard InChI is InChI=1S/C26H50NOS.C2F6NO4S2/c1-3-4-5-6-7-8-9-10-11-12-13-14-15-16-17-18-19-20-22-27-24-29-26(21-23-28)25(27)2;3-1(4,5)14(10,11)9-15(12,13)2(6,7)8/h24,28H,3-23H2,1-2H3;/q+1;-1. The number of rotatable bonds is 23. The summed E-state index contributed by atoms with van der Waals surface area (Å²) in [4.78, 5) is 1.34. The third-order valence-corrected chi connectivity index (χ3v) is 10.9. The molecule has 1 aromatic rings. The van der Waals surface area contributed by atoms with Gasteiger partial charge >= 0.3 is 11.0 Å². The van der Waals surface area contributed by atoms with E-state index in [0.29, 0.717) is 0 Å². The van der Waals surface area contributed by atoms with Crippen molar-refractivity contribution in [3.05, 3.63) is 20.2 Å². The van der Waals surface area contributed by atoms with E-state index in [0.717, 1.165) is 17.1 Å². The van der Waals surface area contributed by atoms with Crippen LogP contribution in [0.5, 0.6) is 0 Å². The van der Waals surface area contributed by atoms with Gasteiger partial charge in [-0.2, -0.15) is 30.9 Å². The molecule has 16 heteroatoms. The highest BCUT2D eigenvalue weighted by Crippen LogP contribution is 2.36. The largest absolute Gasteiger partial charge is 0.480 e. The zero-order chi connectivity index (χ0) is 33.7. The maximum Gasteiger partial charge on any atom is 0.480 e. The lowest BCUT2D eigenvalue weighted by Crippen LogP contribution is -2.34. The fraction of sp³-hybridized carbons (Fsp3) is 0.893. The molecule has 0 saturated carbocycles. The highest BCUT2D eigenvalue weighted by Gasteiger charge is 2.46. The zero-order valence-electron chi connectivity index (χ0n) is 25.9. The highest BCUT2D eigenvalue weighted by atomic mass is 32.3. The van der Waals surface area contributed by atoms with E-state index in [4.69, 9.17) is 5.11 Å². The molecular weight excluding hydrogens is 655 g/mol. The summed E-state index contributed by atoms with van der Waals surface area (Å²) in [6, 6.07) is 0. The molecule has 1 aromatic heterocycles. The molecule has 0 aromatic carbocycles. The van der Waals surface area contributed by atoms with E-state index in [1.54, 1.807) is 11.3 Å². The van der Waals surface area contributed by atoms with Gasteiger partial charge in [-0.3, -0.25) is 0 Å². The molecule has 0 unspecified atom stereocenters. The molecule has 0 aliphatic carbocycles. The van der Waals surface area contributed by atoms with Crippen LogP contribution in [0.25, 0.3) is 4.13 Å². The molecule has 1 N–H and O–H groups in total. The lowest BCUT2D eigenvalue weighted by atomic mass is 10.0. The fourth-order valence-corrected chi connectivity index (χ4v) is 7.14. The predicted molar refractivity (Wildman–Crippen MR) is 162 cm³/mol. The summed E-state index contributed by atoms with van der Waals surface area (Å²) in [5.74, 6) is 0. The molecule has 1 heterocycles. The molecule has 0 bridgehead atoms. The molecule has 1 rings (SSSR count). The lowest BCUT2D eigenvalue weighted by molar-refractivity contribution is -0.698. The summed E-state index contributed by atoms with van der Waals surface area (Å²) in [7, 11) is -13.4. The Morgan fingerprint density at radius 1 is 0.682 bits per heavy atom. The van der Waals surface area contributed by atoms with Crippen LogP contribution in [0.4, 0.5) is 26.3 Å². The van der Waals surface area contributed by atoms with E-state index in [1.165, 1.54) is 126 Å². The number of halogens is 6. The van der Waals surface area contributed by atoms with Gasteiger partial charge in [-0.15, -0.1) is 0 Å². The number of nitrogens with zero attached hydrogens (tertiary/aromatic N) is 2. The quantitative estimate of drug-likeness (QED) is 0.0696. The second-order valence-electron chi connectivity index (χ2n) is 10.8. The van der Waals surface area contributed by atoms with Crippen molar-refractivity contribution in [2.75, 3.05) is 6.61 Å². The second-order valence-corrected chi connectivity index (χ2v) is 15.2. The van der Waals surface area contributed by atoms with Gasteiger partial charge in [0.05, 0.1) is 4.88 Å². The highest BCUT2D eigenvalue weighted by molar-refractivity contribution is 8.13. The van der Waals surface area contributed by atoms with Crippen LogP contribution < -0.4 is 4.57 Å². The number of hydrogen-bond donors (Lipinski definition) is 1. The zero-order valence-corrected chi connectivity index (χ0v) is 28.3. The summed E-state index contributed by atoms with van der Waals surface area (Å²) in [6.07, 6.45) is 26.6. The van der Waals surface area contributed by atoms with Crippen LogP contribution in [0.2, 0.25) is 0 Å². The third-order valence-electron chi connectivity index (χ3n) is 7.03. The molecular formula is C28H50F6N2O5S3. The van der Waals surface area contributed by atoms with Crippen LogP contribution in [0.3, 0.4) is 0 Å². The van der Waals surface area contributed by atoms with Gasteiger partial charge in [0.1, 0.15) is 6.54 Å². The summed E-state index contributed by atoms with van der Waals surface area (Å²) < 4.78 is 112. The van der Waals surface area contributed by atoms with E-state index in [9.17, 15) is 43.2 Å². The van der Waals surface area contributed by atoms with Gasteiger partial charge < -0.3 is 9.23 Å². The summed E-state index contributed by atoms with van der Waals surface area (Å²) in [6.45, 7) is 5.90. The number of alkyl halides is 6. The number of aromatic nitrogens is 1. The first kappa shape index (κ1) is 43.0. The topological polar surface area (TPSA) is 106 Å². The first-order chi connectivity index (χ1) is 20.5. The van der Waals surface area contributed by atoms with E-state index < -0.39 is 31.1 Å². The lowest BCUT2D eigenvalue weighted by Gasteiger charge is -2.22. The number of aliphatic hydroxyl groups is 1. The van der Waals surface area contributed by atoms with Crippen molar-refractivity contribution in [3.8, 4) is 0 Å². The molecule has 0 saturated heterocycles. The first-order valence-electron chi connectivity index (χ1n) is 15.4. The van der Waals surface area contributed by atoms with Crippen LogP contribution in [0, 0.1) is 6.92 Å². The van der Waals surface area contributed by atoms with E-state index in [-0.39, 0.29) is 6.61 Å². The van der Waals surface area contributed by atoms with Gasteiger partial charge in [-0.05, 0) is 6.42 Å². The van der Waals surface area contributed by atoms with E-state index in [1.807, 2.05) is 0 Å². The number of thiazole rings is 1. The van der Waals surface area contributed by atoms with Gasteiger partial charge in [0.2, 0.25) is 5.51 Å². The predicted octanol–water partition coefficient (Wildman–Crippen LogP) is 8.98. The Hall–Kier alpha value is -0.970. The minimum absolute atomic E-state index is 0.264. The second kappa shape index (κ2) is 22.5. The van der Waals surface area contributed by atoms with Gasteiger partial charge in [-0.1, -0.05) is 121 Å². The Kier molecular flexibility index (Phi) is 22.0. The van der Waals surface area contributed by atoms with Crippen molar-refractivity contribution >= 4 is 31.4 Å². The van der Waals surface area contributed by atoms with E-state index in [2.05, 4.69) is 23.9 Å². The Morgan fingerprint density at radius 2 is 1.02 bits per heavy atom. The molecule has 7 nitrogen and oxygen atoms in total. The molecule has 0 aliphatic rings. The fourth-order valence-electron chi connectivity index (χ4n) is 4.41. The number of unbranched alkanes of at least 4 members (excludes halogenated alkanes) is 17. The van der Waals surface area contributed by atoms with Crippen LogP contribution in [0.1, 0.15) is 133 Å². The number of hydrogen-bond acceptors (Lipinski definition) is 6. The minimum atomic E-state index is -6.72. The molecule has 0 aliphatic heterocycles. The van der Waals surface area contributed by atoms with Crippen molar-refractivity contribution < 1.29 is 52.9 Å². The molecule has 0 amide bonds. The van der Waals surface area contributed by atoms with Crippen molar-refractivity contribution in [1.82, 2.24) is 0 Å². The van der Waals surface area contributed by atoms with Crippen LogP contribution in [-0.4, -0.2) is 39.6 Å². The normalized spacial score (nSPS) is 12.8. The summed E-state index contributed by atoms with van der Waals surface area (Å²) in [5.41, 5.74) is -8.82. The molecule has 0 radical (unpaired) electrons. The molecule has 0 spiro atoms. The maximum atomic E-state index is 11.4.